The van der Waals surface area contributed by atoms with Crippen LogP contribution in [0, 0.1) is 0 Å². The second kappa shape index (κ2) is 11.9. The van der Waals surface area contributed by atoms with Crippen LogP contribution in [0.25, 0.3) is 11.1 Å². The summed E-state index contributed by atoms with van der Waals surface area (Å²) in [5, 5.41) is 3.46. The third-order valence-electron chi connectivity index (χ3n) is 7.59. The fourth-order valence-electron chi connectivity index (χ4n) is 5.39. The Morgan fingerprint density at radius 3 is 2.13 bits per heavy atom. The number of ether oxygens (including phenoxy) is 3. The van der Waals surface area contributed by atoms with Crippen LogP contribution in [-0.2, 0) is 18.0 Å². The third kappa shape index (κ3) is 6.24. The van der Waals surface area contributed by atoms with Crippen molar-refractivity contribution >= 4 is 5.69 Å². The Kier molecular flexibility index (Phi) is 7.75. The number of piperidine rings is 1. The van der Waals surface area contributed by atoms with Crippen molar-refractivity contribution in [1.29, 1.82) is 0 Å². The molecule has 0 aliphatic carbocycles. The number of benzene rings is 3. The number of anilines is 1. The van der Waals surface area contributed by atoms with Gasteiger partial charge in [-0.05, 0) is 60.8 Å². The fraction of sp³-hybridized carbons (Fsp3) is 0.303. The molecule has 6 nitrogen and oxygen atoms in total. The Morgan fingerprint density at radius 2 is 1.44 bits per heavy atom. The molecule has 0 bridgehead atoms. The highest BCUT2D eigenvalue weighted by Crippen LogP contribution is 2.34. The molecule has 1 N–H and O–H groups in total. The van der Waals surface area contributed by atoms with Gasteiger partial charge in [0.1, 0.15) is 13.2 Å². The number of hydrogen-bond donors (Lipinski definition) is 1. The second-order valence-corrected chi connectivity index (χ2v) is 10.3. The van der Waals surface area contributed by atoms with Crippen LogP contribution in [0.3, 0.4) is 0 Å². The molecule has 2 aliphatic rings. The van der Waals surface area contributed by atoms with Crippen molar-refractivity contribution in [3.05, 3.63) is 108 Å². The van der Waals surface area contributed by atoms with E-state index in [-0.39, 0.29) is 5.60 Å². The maximum atomic E-state index is 6.27. The monoisotopic (exact) mass is 521 g/mol. The predicted molar refractivity (Wildman–Crippen MR) is 154 cm³/mol. The van der Waals surface area contributed by atoms with Gasteiger partial charge in [-0.1, -0.05) is 72.8 Å². The minimum Gasteiger partial charge on any atom is -0.473 e. The summed E-state index contributed by atoms with van der Waals surface area (Å²) in [4.78, 5) is 7.23. The van der Waals surface area contributed by atoms with Crippen LogP contribution in [0.1, 0.15) is 24.0 Å². The lowest BCUT2D eigenvalue weighted by Crippen LogP contribution is -2.56. The molecule has 0 unspecified atom stereocenters. The largest absolute Gasteiger partial charge is 0.473 e. The minimum atomic E-state index is -0.0277. The van der Waals surface area contributed by atoms with E-state index in [1.54, 1.807) is 0 Å². The van der Waals surface area contributed by atoms with Gasteiger partial charge in [0, 0.05) is 30.4 Å². The van der Waals surface area contributed by atoms with Gasteiger partial charge < -0.3 is 24.4 Å². The SMILES string of the molecule is c1ccc(COc2ccc(-c3ccc(N4CCOC5(CCNCC5)C4)cc3)c(OCc3ccccc3)n2)cc1. The molecule has 0 amide bonds. The van der Waals surface area contributed by atoms with Crippen LogP contribution in [-0.4, -0.2) is 43.4 Å². The molecule has 0 radical (unpaired) electrons. The predicted octanol–water partition coefficient (Wildman–Crippen LogP) is 5.87. The van der Waals surface area contributed by atoms with E-state index in [2.05, 4.69) is 46.6 Å². The number of hydrogen-bond acceptors (Lipinski definition) is 6. The fourth-order valence-corrected chi connectivity index (χ4v) is 5.39. The zero-order valence-electron chi connectivity index (χ0n) is 22.2. The molecule has 6 heteroatoms. The Labute approximate surface area is 230 Å². The van der Waals surface area contributed by atoms with E-state index in [4.69, 9.17) is 19.2 Å². The van der Waals surface area contributed by atoms with Crippen LogP contribution in [0.15, 0.2) is 97.1 Å². The van der Waals surface area contributed by atoms with Crippen LogP contribution in [0.4, 0.5) is 5.69 Å². The zero-order valence-corrected chi connectivity index (χ0v) is 22.2. The minimum absolute atomic E-state index is 0.0277. The molecule has 3 heterocycles. The van der Waals surface area contributed by atoms with Crippen molar-refractivity contribution in [1.82, 2.24) is 10.3 Å². The lowest BCUT2D eigenvalue weighted by atomic mass is 9.90. The summed E-state index contributed by atoms with van der Waals surface area (Å²) >= 11 is 0. The maximum Gasteiger partial charge on any atom is 0.225 e. The van der Waals surface area contributed by atoms with Crippen LogP contribution in [0.5, 0.6) is 11.8 Å². The van der Waals surface area contributed by atoms with Gasteiger partial charge in [0.05, 0.1) is 12.2 Å². The quantitative estimate of drug-likeness (QED) is 0.313. The van der Waals surface area contributed by atoms with Gasteiger partial charge in [-0.3, -0.25) is 0 Å². The van der Waals surface area contributed by atoms with Crippen molar-refractivity contribution < 1.29 is 14.2 Å². The average Bonchev–Trinajstić information content (AvgIpc) is 3.01. The van der Waals surface area contributed by atoms with E-state index in [0.717, 1.165) is 67.9 Å². The molecule has 6 rings (SSSR count). The maximum absolute atomic E-state index is 6.27. The lowest BCUT2D eigenvalue weighted by molar-refractivity contribution is -0.0738. The van der Waals surface area contributed by atoms with Crippen molar-refractivity contribution in [3.63, 3.8) is 0 Å². The number of nitrogens with zero attached hydrogens (tertiary/aromatic N) is 2. The Hall–Kier alpha value is -3.87. The molecular formula is C33H35N3O3. The number of aromatic nitrogens is 1. The van der Waals surface area contributed by atoms with Crippen LogP contribution in [0.2, 0.25) is 0 Å². The number of nitrogens with one attached hydrogen (secondary N) is 1. The lowest BCUT2D eigenvalue weighted by Gasteiger charge is -2.46. The highest BCUT2D eigenvalue weighted by atomic mass is 16.5. The number of rotatable bonds is 8. The van der Waals surface area contributed by atoms with E-state index in [0.29, 0.717) is 25.0 Å². The molecule has 0 saturated carbocycles. The van der Waals surface area contributed by atoms with Crippen molar-refractivity contribution in [2.75, 3.05) is 37.7 Å². The molecule has 39 heavy (non-hydrogen) atoms. The summed E-state index contributed by atoms with van der Waals surface area (Å²) in [6.07, 6.45) is 2.13. The summed E-state index contributed by atoms with van der Waals surface area (Å²) in [6.45, 7) is 5.56. The van der Waals surface area contributed by atoms with Gasteiger partial charge in [-0.2, -0.15) is 4.98 Å². The van der Waals surface area contributed by atoms with Gasteiger partial charge in [0.25, 0.3) is 0 Å². The first-order chi connectivity index (χ1) is 19.3. The van der Waals surface area contributed by atoms with Gasteiger partial charge in [-0.25, -0.2) is 0 Å². The average molecular weight is 522 g/mol. The highest BCUT2D eigenvalue weighted by molar-refractivity contribution is 5.71. The molecule has 200 valence electrons. The number of morpholine rings is 1. The topological polar surface area (TPSA) is 55.9 Å². The van der Waals surface area contributed by atoms with Crippen molar-refractivity contribution in [3.8, 4) is 22.9 Å². The number of pyridine rings is 1. The molecule has 2 fully saturated rings. The summed E-state index contributed by atoms with van der Waals surface area (Å²) < 4.78 is 18.6. The van der Waals surface area contributed by atoms with Crippen LogP contribution < -0.4 is 19.7 Å². The first kappa shape index (κ1) is 25.4. The Morgan fingerprint density at radius 1 is 0.769 bits per heavy atom. The molecule has 3 aromatic carbocycles. The van der Waals surface area contributed by atoms with E-state index in [9.17, 15) is 0 Å². The highest BCUT2D eigenvalue weighted by Gasteiger charge is 2.37. The molecular weight excluding hydrogens is 486 g/mol. The van der Waals surface area contributed by atoms with Gasteiger partial charge in [-0.15, -0.1) is 0 Å². The standard InChI is InChI=1S/C33H35N3O3/c1-3-7-26(8-4-1)23-37-31-16-15-30(32(35-31)38-24-27-9-5-2-6-10-27)28-11-13-29(14-12-28)36-21-22-39-33(25-36)17-19-34-20-18-33/h1-16,34H,17-25H2. The summed E-state index contributed by atoms with van der Waals surface area (Å²) in [5.41, 5.74) is 5.40. The molecule has 1 aromatic heterocycles. The smallest absolute Gasteiger partial charge is 0.225 e. The summed E-state index contributed by atoms with van der Waals surface area (Å²) in [7, 11) is 0. The van der Waals surface area contributed by atoms with Gasteiger partial charge in [0.15, 0.2) is 0 Å². The molecule has 2 saturated heterocycles. The Bertz CT molecular complexity index is 1330. The van der Waals surface area contributed by atoms with Crippen molar-refractivity contribution in [2.24, 2.45) is 0 Å². The van der Waals surface area contributed by atoms with Crippen molar-refractivity contribution in [2.45, 2.75) is 31.7 Å². The van der Waals surface area contributed by atoms with E-state index >= 15 is 0 Å². The molecule has 2 aliphatic heterocycles. The van der Waals surface area contributed by atoms with E-state index in [1.807, 2.05) is 60.7 Å². The normalized spacial score (nSPS) is 16.7. The first-order valence-electron chi connectivity index (χ1n) is 13.8. The van der Waals surface area contributed by atoms with E-state index < -0.39 is 0 Å². The zero-order chi connectivity index (χ0) is 26.3. The molecule has 1 spiro atoms. The molecule has 4 aromatic rings. The molecule has 0 atom stereocenters. The van der Waals surface area contributed by atoms with Crippen LogP contribution >= 0.6 is 0 Å². The Balaban J connectivity index is 1.21. The van der Waals surface area contributed by atoms with E-state index in [1.165, 1.54) is 5.69 Å². The second-order valence-electron chi connectivity index (χ2n) is 10.3. The summed E-state index contributed by atoms with van der Waals surface area (Å²) in [6, 6.07) is 33.0. The first-order valence-corrected chi connectivity index (χ1v) is 13.8. The van der Waals surface area contributed by atoms with Gasteiger partial charge in [0.2, 0.25) is 11.8 Å². The van der Waals surface area contributed by atoms with Gasteiger partial charge >= 0.3 is 0 Å². The third-order valence-corrected chi connectivity index (χ3v) is 7.59. The summed E-state index contributed by atoms with van der Waals surface area (Å²) in [5.74, 6) is 1.11.